The quantitative estimate of drug-likeness (QED) is 0.799. The summed E-state index contributed by atoms with van der Waals surface area (Å²) in [6, 6.07) is 4.75. The molecule has 0 aliphatic carbocycles. The van der Waals surface area contributed by atoms with Crippen LogP contribution in [0.15, 0.2) is 18.2 Å². The summed E-state index contributed by atoms with van der Waals surface area (Å²) in [6.45, 7) is 3.49. The van der Waals surface area contributed by atoms with Gasteiger partial charge in [-0.3, -0.25) is 0 Å². The number of anilines is 1. The van der Waals surface area contributed by atoms with Gasteiger partial charge in [0.25, 0.3) is 0 Å². The lowest BCUT2D eigenvalue weighted by Gasteiger charge is -2.32. The van der Waals surface area contributed by atoms with Crippen molar-refractivity contribution in [2.24, 2.45) is 0 Å². The summed E-state index contributed by atoms with van der Waals surface area (Å²) in [7, 11) is 3.22. The number of carbonyl (C=O) groups is 1. The van der Waals surface area contributed by atoms with Gasteiger partial charge < -0.3 is 19.5 Å². The van der Waals surface area contributed by atoms with E-state index < -0.39 is 5.97 Å². The van der Waals surface area contributed by atoms with E-state index in [1.807, 2.05) is 11.8 Å². The molecule has 0 bridgehead atoms. The number of halogens is 1. The lowest BCUT2D eigenvalue weighted by Crippen LogP contribution is -2.39. The Morgan fingerprint density at radius 3 is 2.65 bits per heavy atom. The lowest BCUT2D eigenvalue weighted by atomic mass is 10.1. The predicted octanol–water partition coefficient (Wildman–Crippen LogP) is 2.53. The Morgan fingerprint density at radius 2 is 2.10 bits per heavy atom. The van der Waals surface area contributed by atoms with Gasteiger partial charge in [-0.15, -0.1) is 0 Å². The minimum Gasteiger partial charge on any atom is -0.478 e. The van der Waals surface area contributed by atoms with E-state index in [0.717, 1.165) is 0 Å². The fourth-order valence-electron chi connectivity index (χ4n) is 2.02. The number of nitrogens with zero attached hydrogens (tertiary/aromatic N) is 1. The molecule has 0 saturated heterocycles. The fourth-order valence-corrected chi connectivity index (χ4v) is 2.19. The van der Waals surface area contributed by atoms with E-state index in [1.165, 1.54) is 6.07 Å². The smallest absolute Gasteiger partial charge is 0.337 e. The molecule has 1 N–H and O–H groups in total. The summed E-state index contributed by atoms with van der Waals surface area (Å²) in [5.41, 5.74) is 0.792. The first-order valence-corrected chi connectivity index (χ1v) is 6.66. The van der Waals surface area contributed by atoms with E-state index in [-0.39, 0.29) is 11.6 Å². The summed E-state index contributed by atoms with van der Waals surface area (Å²) in [4.78, 5) is 13.3. The molecule has 1 aromatic carbocycles. The van der Waals surface area contributed by atoms with Crippen molar-refractivity contribution in [1.82, 2.24) is 0 Å². The second-order valence-corrected chi connectivity index (χ2v) is 4.89. The van der Waals surface area contributed by atoms with Crippen LogP contribution in [0.5, 0.6) is 0 Å². The fraction of sp³-hybridized carbons (Fsp3) is 0.500. The van der Waals surface area contributed by atoms with Crippen molar-refractivity contribution in [2.75, 3.05) is 38.9 Å². The number of methoxy groups -OCH3 is 2. The van der Waals surface area contributed by atoms with E-state index in [1.54, 1.807) is 26.4 Å². The number of aromatic carboxylic acids is 1. The number of carboxylic acids is 1. The number of hydrogen-bond acceptors (Lipinski definition) is 4. The van der Waals surface area contributed by atoms with Gasteiger partial charge >= 0.3 is 5.97 Å². The average Bonchev–Trinajstić information content (AvgIpc) is 2.39. The Bertz CT molecular complexity index is 453. The summed E-state index contributed by atoms with van der Waals surface area (Å²) in [6.07, 6.45) is 0. The van der Waals surface area contributed by atoms with Gasteiger partial charge in [0, 0.05) is 31.8 Å². The molecular weight excluding hydrogens is 282 g/mol. The minimum atomic E-state index is -0.983. The second kappa shape index (κ2) is 8.09. The van der Waals surface area contributed by atoms with Crippen LogP contribution in [0.4, 0.5) is 5.69 Å². The number of carboxylic acid groups (broad SMARTS) is 1. The van der Waals surface area contributed by atoms with Crippen LogP contribution in [-0.2, 0) is 9.47 Å². The van der Waals surface area contributed by atoms with Crippen molar-refractivity contribution in [3.05, 3.63) is 28.8 Å². The predicted molar refractivity (Wildman–Crippen MR) is 79.0 cm³/mol. The summed E-state index contributed by atoms with van der Waals surface area (Å²) < 4.78 is 10.2. The van der Waals surface area contributed by atoms with Gasteiger partial charge in [0.2, 0.25) is 0 Å². The molecule has 1 unspecified atom stereocenters. The van der Waals surface area contributed by atoms with Gasteiger partial charge in [-0.1, -0.05) is 11.6 Å². The highest BCUT2D eigenvalue weighted by atomic mass is 35.5. The highest BCUT2D eigenvalue weighted by molar-refractivity contribution is 6.31. The van der Waals surface area contributed by atoms with Crippen LogP contribution in [0.1, 0.15) is 17.3 Å². The minimum absolute atomic E-state index is 0.00622. The zero-order valence-corrected chi connectivity index (χ0v) is 12.7. The van der Waals surface area contributed by atoms with E-state index in [9.17, 15) is 9.90 Å². The molecule has 0 radical (unpaired) electrons. The SMILES string of the molecule is COCCN(c1cc(Cl)ccc1C(=O)O)C(C)COC. The molecule has 0 fully saturated rings. The Balaban J connectivity index is 3.16. The largest absolute Gasteiger partial charge is 0.478 e. The highest BCUT2D eigenvalue weighted by Crippen LogP contribution is 2.26. The van der Waals surface area contributed by atoms with Gasteiger partial charge in [0.1, 0.15) is 0 Å². The monoisotopic (exact) mass is 301 g/mol. The van der Waals surface area contributed by atoms with Gasteiger partial charge in [-0.2, -0.15) is 0 Å². The molecule has 20 heavy (non-hydrogen) atoms. The number of benzene rings is 1. The highest BCUT2D eigenvalue weighted by Gasteiger charge is 2.20. The third-order valence-electron chi connectivity index (χ3n) is 2.98. The van der Waals surface area contributed by atoms with Crippen LogP contribution in [0.3, 0.4) is 0 Å². The molecule has 0 aliphatic heterocycles. The maximum Gasteiger partial charge on any atom is 0.337 e. The van der Waals surface area contributed by atoms with Crippen LogP contribution in [0.2, 0.25) is 5.02 Å². The van der Waals surface area contributed by atoms with Crippen molar-refractivity contribution in [3.63, 3.8) is 0 Å². The molecule has 0 heterocycles. The Labute approximate surface area is 124 Å². The van der Waals surface area contributed by atoms with Crippen molar-refractivity contribution in [1.29, 1.82) is 0 Å². The Morgan fingerprint density at radius 1 is 1.40 bits per heavy atom. The maximum atomic E-state index is 11.4. The number of ether oxygens (including phenoxy) is 2. The first-order chi connectivity index (χ1) is 9.51. The Kier molecular flexibility index (Phi) is 6.78. The topological polar surface area (TPSA) is 59.0 Å². The molecule has 0 amide bonds. The van der Waals surface area contributed by atoms with Crippen molar-refractivity contribution >= 4 is 23.3 Å². The summed E-state index contributed by atoms with van der Waals surface area (Å²) >= 11 is 6.00. The average molecular weight is 302 g/mol. The number of hydrogen-bond donors (Lipinski definition) is 1. The summed E-state index contributed by atoms with van der Waals surface area (Å²) in [5, 5.41) is 9.81. The zero-order chi connectivity index (χ0) is 15.1. The van der Waals surface area contributed by atoms with Crippen molar-refractivity contribution < 1.29 is 19.4 Å². The summed E-state index contributed by atoms with van der Waals surface area (Å²) in [5.74, 6) is -0.983. The van der Waals surface area contributed by atoms with E-state index >= 15 is 0 Å². The molecule has 1 atom stereocenters. The van der Waals surface area contributed by atoms with Crippen LogP contribution in [-0.4, -0.2) is 51.1 Å². The van der Waals surface area contributed by atoms with Crippen LogP contribution >= 0.6 is 11.6 Å². The van der Waals surface area contributed by atoms with Crippen LogP contribution in [0.25, 0.3) is 0 Å². The molecule has 1 aromatic rings. The number of rotatable bonds is 8. The second-order valence-electron chi connectivity index (χ2n) is 4.46. The van der Waals surface area contributed by atoms with Crippen molar-refractivity contribution in [3.8, 4) is 0 Å². The van der Waals surface area contributed by atoms with E-state index in [4.69, 9.17) is 21.1 Å². The third kappa shape index (κ3) is 4.37. The van der Waals surface area contributed by atoms with Crippen molar-refractivity contribution in [2.45, 2.75) is 13.0 Å². The Hall–Kier alpha value is -1.30. The molecule has 0 spiro atoms. The van der Waals surface area contributed by atoms with Gasteiger partial charge in [-0.25, -0.2) is 4.79 Å². The molecule has 0 aromatic heterocycles. The molecular formula is C14H20ClNO4. The van der Waals surface area contributed by atoms with Crippen LogP contribution < -0.4 is 4.90 Å². The van der Waals surface area contributed by atoms with E-state index in [0.29, 0.717) is 30.5 Å². The molecule has 0 saturated carbocycles. The lowest BCUT2D eigenvalue weighted by molar-refractivity contribution is 0.0697. The zero-order valence-electron chi connectivity index (χ0n) is 11.9. The molecule has 6 heteroatoms. The third-order valence-corrected chi connectivity index (χ3v) is 3.21. The molecule has 0 aliphatic rings. The van der Waals surface area contributed by atoms with Gasteiger partial charge in [0.15, 0.2) is 0 Å². The molecule has 5 nitrogen and oxygen atoms in total. The van der Waals surface area contributed by atoms with Gasteiger partial charge in [0.05, 0.1) is 24.5 Å². The van der Waals surface area contributed by atoms with Gasteiger partial charge in [-0.05, 0) is 25.1 Å². The normalized spacial score (nSPS) is 12.2. The maximum absolute atomic E-state index is 11.4. The van der Waals surface area contributed by atoms with E-state index in [2.05, 4.69) is 0 Å². The standard InChI is InChI=1S/C14H20ClNO4/c1-10(9-20-3)16(6-7-19-2)13-8-11(15)4-5-12(13)14(17)18/h4-5,8,10H,6-7,9H2,1-3H3,(H,17,18). The first kappa shape index (κ1) is 16.8. The first-order valence-electron chi connectivity index (χ1n) is 6.28. The molecule has 112 valence electrons. The molecule has 1 rings (SSSR count). The van der Waals surface area contributed by atoms with Crippen LogP contribution in [0, 0.1) is 0 Å².